The summed E-state index contributed by atoms with van der Waals surface area (Å²) >= 11 is 0. The fraction of sp³-hybridized carbons (Fsp3) is 0.200. The van der Waals surface area contributed by atoms with Crippen molar-refractivity contribution in [3.8, 4) is 5.75 Å². The highest BCUT2D eigenvalue weighted by Crippen LogP contribution is 2.28. The Hall–Kier alpha value is -2.01. The van der Waals surface area contributed by atoms with Crippen LogP contribution < -0.4 is 4.31 Å². The van der Waals surface area contributed by atoms with E-state index in [0.717, 1.165) is 5.56 Å². The lowest BCUT2D eigenvalue weighted by Crippen LogP contribution is -2.30. The van der Waals surface area contributed by atoms with E-state index >= 15 is 0 Å². The highest BCUT2D eigenvalue weighted by molar-refractivity contribution is 7.93. The monoisotopic (exact) mass is 291 g/mol. The maximum Gasteiger partial charge on any atom is 0.267 e. The number of phenols is 1. The number of phenolic OH excluding ortho intramolecular Hbond substituents is 1. The molecule has 106 valence electrons. The van der Waals surface area contributed by atoms with Crippen molar-refractivity contribution in [2.45, 2.75) is 18.7 Å². The van der Waals surface area contributed by atoms with Gasteiger partial charge in [-0.2, -0.15) is 0 Å². The molecule has 20 heavy (non-hydrogen) atoms. The lowest BCUT2D eigenvalue weighted by atomic mass is 10.2. The number of para-hydroxylation sites is 1. The van der Waals surface area contributed by atoms with Gasteiger partial charge in [-0.1, -0.05) is 29.8 Å². The molecule has 2 aromatic carbocycles. The number of hydrogen-bond acceptors (Lipinski definition) is 3. The zero-order valence-corrected chi connectivity index (χ0v) is 12.3. The Labute approximate surface area is 119 Å². The van der Waals surface area contributed by atoms with Crippen LogP contribution in [0.15, 0.2) is 53.4 Å². The van der Waals surface area contributed by atoms with E-state index in [4.69, 9.17) is 0 Å². The number of rotatable bonds is 4. The molecule has 0 saturated carbocycles. The molecule has 0 aromatic heterocycles. The summed E-state index contributed by atoms with van der Waals surface area (Å²) < 4.78 is 26.6. The number of aryl methyl sites for hydroxylation is 1. The lowest BCUT2D eigenvalue weighted by molar-refractivity contribution is 0.458. The summed E-state index contributed by atoms with van der Waals surface area (Å²) in [5.41, 5.74) is 1.64. The van der Waals surface area contributed by atoms with Crippen molar-refractivity contribution in [1.82, 2.24) is 0 Å². The molecule has 1 N–H and O–H groups in total. The topological polar surface area (TPSA) is 57.6 Å². The second-order valence-electron chi connectivity index (χ2n) is 4.47. The van der Waals surface area contributed by atoms with Gasteiger partial charge in [-0.05, 0) is 38.1 Å². The van der Waals surface area contributed by atoms with Crippen LogP contribution in [0.3, 0.4) is 0 Å². The molecule has 2 aromatic rings. The van der Waals surface area contributed by atoms with Crippen molar-refractivity contribution >= 4 is 15.7 Å². The number of sulfonamides is 1. The number of nitrogens with zero attached hydrogens (tertiary/aromatic N) is 1. The molecule has 0 saturated heterocycles. The second kappa shape index (κ2) is 5.54. The first-order valence-electron chi connectivity index (χ1n) is 6.34. The summed E-state index contributed by atoms with van der Waals surface area (Å²) in [4.78, 5) is -0.0811. The maximum atomic E-state index is 12.6. The SMILES string of the molecule is CCN(c1ccc(C)cc1)S(=O)(=O)c1ccccc1O. The lowest BCUT2D eigenvalue weighted by Gasteiger charge is -2.23. The minimum atomic E-state index is -3.76. The molecule has 0 aliphatic heterocycles. The number of hydrogen-bond donors (Lipinski definition) is 1. The predicted octanol–water partition coefficient (Wildman–Crippen LogP) is 2.92. The smallest absolute Gasteiger partial charge is 0.267 e. The van der Waals surface area contributed by atoms with Crippen LogP contribution in [0.5, 0.6) is 5.75 Å². The van der Waals surface area contributed by atoms with Crippen LogP contribution in [0.2, 0.25) is 0 Å². The Kier molecular flexibility index (Phi) is 3.99. The number of benzene rings is 2. The standard InChI is InChI=1S/C15H17NO3S/c1-3-16(13-10-8-12(2)9-11-13)20(18,19)15-7-5-4-6-14(15)17/h4-11,17H,3H2,1-2H3. The summed E-state index contributed by atoms with van der Waals surface area (Å²) in [6.07, 6.45) is 0. The first kappa shape index (κ1) is 14.4. The van der Waals surface area contributed by atoms with Crippen LogP contribution in [0.25, 0.3) is 0 Å². The van der Waals surface area contributed by atoms with E-state index in [1.807, 2.05) is 19.1 Å². The third-order valence-corrected chi connectivity index (χ3v) is 4.99. The van der Waals surface area contributed by atoms with E-state index in [2.05, 4.69) is 0 Å². The van der Waals surface area contributed by atoms with Gasteiger partial charge >= 0.3 is 0 Å². The Morgan fingerprint density at radius 3 is 2.20 bits per heavy atom. The van der Waals surface area contributed by atoms with Gasteiger partial charge in [-0.3, -0.25) is 4.31 Å². The van der Waals surface area contributed by atoms with E-state index in [-0.39, 0.29) is 10.6 Å². The summed E-state index contributed by atoms with van der Waals surface area (Å²) in [6, 6.07) is 13.2. The van der Waals surface area contributed by atoms with Gasteiger partial charge in [0.25, 0.3) is 10.0 Å². The minimum Gasteiger partial charge on any atom is -0.507 e. The quantitative estimate of drug-likeness (QED) is 0.942. The normalized spacial score (nSPS) is 11.3. The fourth-order valence-electron chi connectivity index (χ4n) is 2.00. The maximum absolute atomic E-state index is 12.6. The third kappa shape index (κ3) is 2.63. The van der Waals surface area contributed by atoms with Crippen molar-refractivity contribution in [3.05, 3.63) is 54.1 Å². The van der Waals surface area contributed by atoms with Gasteiger partial charge in [-0.15, -0.1) is 0 Å². The minimum absolute atomic E-state index is 0.0811. The molecule has 4 nitrogen and oxygen atoms in total. The van der Waals surface area contributed by atoms with Gasteiger partial charge in [0.2, 0.25) is 0 Å². The van der Waals surface area contributed by atoms with Gasteiger partial charge in [0, 0.05) is 6.54 Å². The van der Waals surface area contributed by atoms with Crippen LogP contribution in [-0.2, 0) is 10.0 Å². The van der Waals surface area contributed by atoms with Gasteiger partial charge in [0.15, 0.2) is 0 Å². The first-order chi connectivity index (χ1) is 9.46. The average Bonchev–Trinajstić information content (AvgIpc) is 2.42. The molecule has 0 unspecified atom stereocenters. The Balaban J connectivity index is 2.51. The Morgan fingerprint density at radius 2 is 1.65 bits per heavy atom. The molecule has 0 bridgehead atoms. The highest BCUT2D eigenvalue weighted by Gasteiger charge is 2.26. The van der Waals surface area contributed by atoms with E-state index in [1.54, 1.807) is 31.2 Å². The summed E-state index contributed by atoms with van der Waals surface area (Å²) in [5, 5.41) is 9.78. The van der Waals surface area contributed by atoms with Crippen molar-refractivity contribution in [2.24, 2.45) is 0 Å². The van der Waals surface area contributed by atoms with E-state index < -0.39 is 10.0 Å². The molecule has 5 heteroatoms. The highest BCUT2D eigenvalue weighted by atomic mass is 32.2. The summed E-state index contributed by atoms with van der Waals surface area (Å²) in [5.74, 6) is -0.238. The average molecular weight is 291 g/mol. The van der Waals surface area contributed by atoms with Crippen LogP contribution in [0.1, 0.15) is 12.5 Å². The fourth-order valence-corrected chi connectivity index (χ4v) is 3.56. The zero-order chi connectivity index (χ0) is 14.8. The summed E-state index contributed by atoms with van der Waals surface area (Å²) in [7, 11) is -3.76. The molecule has 0 fully saturated rings. The van der Waals surface area contributed by atoms with Crippen LogP contribution in [0, 0.1) is 6.92 Å². The van der Waals surface area contributed by atoms with Crippen LogP contribution in [0.4, 0.5) is 5.69 Å². The molecule has 0 radical (unpaired) electrons. The summed E-state index contributed by atoms with van der Waals surface area (Å²) in [6.45, 7) is 3.99. The largest absolute Gasteiger partial charge is 0.507 e. The first-order valence-corrected chi connectivity index (χ1v) is 7.78. The van der Waals surface area contributed by atoms with E-state index in [0.29, 0.717) is 12.2 Å². The van der Waals surface area contributed by atoms with Gasteiger partial charge in [-0.25, -0.2) is 8.42 Å². The molecule has 0 aliphatic carbocycles. The van der Waals surface area contributed by atoms with Crippen molar-refractivity contribution in [1.29, 1.82) is 0 Å². The molecule has 0 heterocycles. The van der Waals surface area contributed by atoms with Crippen LogP contribution in [-0.4, -0.2) is 20.1 Å². The van der Waals surface area contributed by atoms with Crippen molar-refractivity contribution < 1.29 is 13.5 Å². The Morgan fingerprint density at radius 1 is 1.05 bits per heavy atom. The van der Waals surface area contributed by atoms with Crippen molar-refractivity contribution in [2.75, 3.05) is 10.8 Å². The van der Waals surface area contributed by atoms with E-state index in [9.17, 15) is 13.5 Å². The van der Waals surface area contributed by atoms with Gasteiger partial charge in [0.1, 0.15) is 10.6 Å². The van der Waals surface area contributed by atoms with Crippen molar-refractivity contribution in [3.63, 3.8) is 0 Å². The third-order valence-electron chi connectivity index (χ3n) is 3.04. The molecule has 2 rings (SSSR count). The Bertz CT molecular complexity index is 693. The molecule has 0 spiro atoms. The number of aromatic hydroxyl groups is 1. The zero-order valence-electron chi connectivity index (χ0n) is 11.4. The van der Waals surface area contributed by atoms with Crippen LogP contribution >= 0.6 is 0 Å². The molecule has 0 atom stereocenters. The molecule has 0 aliphatic rings. The van der Waals surface area contributed by atoms with Gasteiger partial charge in [0.05, 0.1) is 5.69 Å². The van der Waals surface area contributed by atoms with Gasteiger partial charge < -0.3 is 5.11 Å². The molecular formula is C15H17NO3S. The number of anilines is 1. The molecular weight excluding hydrogens is 274 g/mol. The predicted molar refractivity (Wildman–Crippen MR) is 79.5 cm³/mol. The second-order valence-corrected chi connectivity index (χ2v) is 6.30. The van der Waals surface area contributed by atoms with E-state index in [1.165, 1.54) is 16.4 Å². The molecule has 0 amide bonds.